The number of aryl methyl sites for hydroxylation is 2. The van der Waals surface area contributed by atoms with Gasteiger partial charge in [-0.2, -0.15) is 0 Å². The Morgan fingerprint density at radius 2 is 1.74 bits per heavy atom. The van der Waals surface area contributed by atoms with Crippen molar-refractivity contribution in [3.05, 3.63) is 103 Å². The maximum Gasteiger partial charge on any atom is 0.125 e. The summed E-state index contributed by atoms with van der Waals surface area (Å²) in [5.74, 6) is 2.13. The Labute approximate surface area is 221 Å². The van der Waals surface area contributed by atoms with Crippen molar-refractivity contribution in [2.24, 2.45) is 5.92 Å². The van der Waals surface area contributed by atoms with Crippen LogP contribution in [0.1, 0.15) is 47.6 Å². The molecule has 0 spiro atoms. The third kappa shape index (κ3) is 5.58. The van der Waals surface area contributed by atoms with Crippen LogP contribution in [0.2, 0.25) is 15.1 Å². The van der Waals surface area contributed by atoms with Gasteiger partial charge in [-0.05, 0) is 74.1 Å². The monoisotopic (exact) mass is 528 g/mol. The summed E-state index contributed by atoms with van der Waals surface area (Å²) in [6.45, 7) is 2.32. The molecule has 1 aliphatic carbocycles. The third-order valence-electron chi connectivity index (χ3n) is 6.67. The Hall–Kier alpha value is -2.33. The zero-order chi connectivity index (χ0) is 24.5. The number of aliphatic hydroxyl groups excluding tert-OH is 1. The summed E-state index contributed by atoms with van der Waals surface area (Å²) in [4.78, 5) is 0. The standard InChI is InChI=1S/C29H27Cl3O3/c1-17-5-11-27-19(13-17)8-12-28(35-27)22-10-9-21(15-26(22)32)34-16-20(29(33)18-6-7-18)14-23-24(30)3-2-4-25(23)31/h2-5,9-11,13,15,18,28,33H,6-8,12,14,16H2,1H3/b29-20+. The van der Waals surface area contributed by atoms with Crippen LogP contribution < -0.4 is 9.47 Å². The highest BCUT2D eigenvalue weighted by Crippen LogP contribution is 2.40. The predicted molar refractivity (Wildman–Crippen MR) is 142 cm³/mol. The van der Waals surface area contributed by atoms with Crippen LogP contribution in [0.5, 0.6) is 11.5 Å². The Balaban J connectivity index is 1.30. The predicted octanol–water partition coefficient (Wildman–Crippen LogP) is 8.87. The van der Waals surface area contributed by atoms with Gasteiger partial charge in [0.25, 0.3) is 0 Å². The van der Waals surface area contributed by atoms with Gasteiger partial charge >= 0.3 is 0 Å². The number of aliphatic hydroxyl groups is 1. The minimum absolute atomic E-state index is 0.0940. The number of allylic oxidation sites excluding steroid dienone is 1. The fourth-order valence-electron chi connectivity index (χ4n) is 4.54. The Kier molecular flexibility index (Phi) is 7.20. The van der Waals surface area contributed by atoms with Crippen LogP contribution in [-0.4, -0.2) is 11.7 Å². The van der Waals surface area contributed by atoms with E-state index in [1.807, 2.05) is 30.3 Å². The molecule has 1 fully saturated rings. The zero-order valence-corrected chi connectivity index (χ0v) is 21.8. The lowest BCUT2D eigenvalue weighted by Gasteiger charge is -2.27. The Bertz CT molecular complexity index is 1260. The van der Waals surface area contributed by atoms with Gasteiger partial charge in [-0.1, -0.05) is 64.6 Å². The molecule has 3 nitrogen and oxygen atoms in total. The lowest BCUT2D eigenvalue weighted by atomic mass is 9.96. The zero-order valence-electron chi connectivity index (χ0n) is 19.5. The molecule has 1 N–H and O–H groups in total. The molecule has 0 amide bonds. The van der Waals surface area contributed by atoms with Crippen molar-refractivity contribution in [1.29, 1.82) is 0 Å². The first kappa shape index (κ1) is 24.4. The van der Waals surface area contributed by atoms with Crippen LogP contribution in [0, 0.1) is 12.8 Å². The van der Waals surface area contributed by atoms with Crippen LogP contribution in [0.25, 0.3) is 0 Å². The molecule has 5 rings (SSSR count). The average Bonchev–Trinajstić information content (AvgIpc) is 3.68. The number of rotatable bonds is 7. The second kappa shape index (κ2) is 10.3. The Morgan fingerprint density at radius 3 is 2.46 bits per heavy atom. The van der Waals surface area contributed by atoms with E-state index in [1.165, 1.54) is 11.1 Å². The molecule has 0 aromatic heterocycles. The van der Waals surface area contributed by atoms with E-state index in [9.17, 15) is 5.11 Å². The number of benzene rings is 3. The van der Waals surface area contributed by atoms with E-state index in [2.05, 4.69) is 19.1 Å². The van der Waals surface area contributed by atoms with Crippen molar-refractivity contribution in [2.75, 3.05) is 6.61 Å². The van der Waals surface area contributed by atoms with E-state index >= 15 is 0 Å². The van der Waals surface area contributed by atoms with Crippen LogP contribution in [0.4, 0.5) is 0 Å². The molecule has 35 heavy (non-hydrogen) atoms. The molecular weight excluding hydrogens is 503 g/mol. The van der Waals surface area contributed by atoms with Gasteiger partial charge in [0.15, 0.2) is 0 Å². The average molecular weight is 530 g/mol. The van der Waals surface area contributed by atoms with E-state index in [0.29, 0.717) is 33.0 Å². The highest BCUT2D eigenvalue weighted by molar-refractivity contribution is 6.36. The van der Waals surface area contributed by atoms with E-state index in [1.54, 1.807) is 12.1 Å². The number of halogens is 3. The number of fused-ring (bicyclic) bond motifs is 1. The van der Waals surface area contributed by atoms with Gasteiger partial charge in [0.05, 0.1) is 10.8 Å². The van der Waals surface area contributed by atoms with Gasteiger partial charge in [-0.15, -0.1) is 0 Å². The first-order valence-corrected chi connectivity index (χ1v) is 13.0. The maximum atomic E-state index is 10.8. The molecule has 0 radical (unpaired) electrons. The minimum Gasteiger partial charge on any atom is -0.512 e. The van der Waals surface area contributed by atoms with Crippen LogP contribution in [0.3, 0.4) is 0 Å². The summed E-state index contributed by atoms with van der Waals surface area (Å²) in [6, 6.07) is 17.4. The summed E-state index contributed by atoms with van der Waals surface area (Å²) in [5, 5.41) is 12.6. The largest absolute Gasteiger partial charge is 0.512 e. The molecular formula is C29H27Cl3O3. The molecule has 1 aliphatic heterocycles. The number of ether oxygens (including phenoxy) is 2. The topological polar surface area (TPSA) is 38.7 Å². The highest BCUT2D eigenvalue weighted by atomic mass is 35.5. The smallest absolute Gasteiger partial charge is 0.125 e. The van der Waals surface area contributed by atoms with Crippen LogP contribution in [0.15, 0.2) is 65.9 Å². The highest BCUT2D eigenvalue weighted by Gasteiger charge is 2.29. The van der Waals surface area contributed by atoms with Crippen molar-refractivity contribution >= 4 is 34.8 Å². The van der Waals surface area contributed by atoms with Crippen molar-refractivity contribution in [2.45, 2.75) is 45.1 Å². The quantitative estimate of drug-likeness (QED) is 0.311. The van der Waals surface area contributed by atoms with Crippen molar-refractivity contribution < 1.29 is 14.6 Å². The molecule has 1 unspecified atom stereocenters. The molecule has 0 saturated heterocycles. The van der Waals surface area contributed by atoms with Crippen molar-refractivity contribution in [1.82, 2.24) is 0 Å². The molecule has 1 heterocycles. The van der Waals surface area contributed by atoms with Gasteiger partial charge in [0.1, 0.15) is 24.2 Å². The molecule has 2 aliphatic rings. The maximum absolute atomic E-state index is 10.8. The molecule has 3 aromatic carbocycles. The fourth-order valence-corrected chi connectivity index (χ4v) is 5.36. The molecule has 6 heteroatoms. The van der Waals surface area contributed by atoms with Gasteiger partial charge in [0.2, 0.25) is 0 Å². The first-order chi connectivity index (χ1) is 16.9. The lowest BCUT2D eigenvalue weighted by Crippen LogP contribution is -2.15. The van der Waals surface area contributed by atoms with Crippen LogP contribution in [-0.2, 0) is 12.8 Å². The molecule has 0 bridgehead atoms. The lowest BCUT2D eigenvalue weighted by molar-refractivity contribution is 0.176. The summed E-state index contributed by atoms with van der Waals surface area (Å²) >= 11 is 19.4. The fraction of sp³-hybridized carbons (Fsp3) is 0.310. The van der Waals surface area contributed by atoms with Crippen molar-refractivity contribution in [3.63, 3.8) is 0 Å². The first-order valence-electron chi connectivity index (χ1n) is 11.9. The summed E-state index contributed by atoms with van der Waals surface area (Å²) in [5.41, 5.74) is 5.00. The number of hydrogen-bond acceptors (Lipinski definition) is 3. The normalized spacial score (nSPS) is 17.9. The van der Waals surface area contributed by atoms with E-state index in [4.69, 9.17) is 44.3 Å². The van der Waals surface area contributed by atoms with Crippen molar-refractivity contribution in [3.8, 4) is 11.5 Å². The van der Waals surface area contributed by atoms with E-state index < -0.39 is 0 Å². The van der Waals surface area contributed by atoms with Crippen LogP contribution >= 0.6 is 34.8 Å². The molecule has 3 aromatic rings. The second-order valence-corrected chi connectivity index (χ2v) is 10.6. The SMILES string of the molecule is Cc1ccc2c(c1)CCC(c1ccc(OC/C(Cc3c(Cl)cccc3Cl)=C(/O)C3CC3)cc1Cl)O2. The third-order valence-corrected chi connectivity index (χ3v) is 7.71. The summed E-state index contributed by atoms with van der Waals surface area (Å²) < 4.78 is 12.3. The molecule has 182 valence electrons. The number of hydrogen-bond donors (Lipinski definition) is 1. The van der Waals surface area contributed by atoms with E-state index in [0.717, 1.165) is 48.1 Å². The van der Waals surface area contributed by atoms with Gasteiger partial charge < -0.3 is 14.6 Å². The van der Waals surface area contributed by atoms with E-state index in [-0.39, 0.29) is 18.6 Å². The van der Waals surface area contributed by atoms with Gasteiger partial charge in [-0.3, -0.25) is 0 Å². The van der Waals surface area contributed by atoms with Gasteiger partial charge in [-0.25, -0.2) is 0 Å². The summed E-state index contributed by atoms with van der Waals surface area (Å²) in [6.07, 6.45) is 4.13. The molecule has 1 saturated carbocycles. The Morgan fingerprint density at radius 1 is 0.971 bits per heavy atom. The molecule has 1 atom stereocenters. The minimum atomic E-state index is -0.0940. The summed E-state index contributed by atoms with van der Waals surface area (Å²) in [7, 11) is 0. The second-order valence-electron chi connectivity index (χ2n) is 9.37. The van der Waals surface area contributed by atoms with Gasteiger partial charge in [0, 0.05) is 33.5 Å².